The zero-order valence-corrected chi connectivity index (χ0v) is 24.5. The molecule has 0 aromatic heterocycles. The summed E-state index contributed by atoms with van der Waals surface area (Å²) in [4.78, 5) is 58.3. The molecule has 2 rings (SSSR count). The number of halogens is 2. The van der Waals surface area contributed by atoms with Crippen molar-refractivity contribution in [1.29, 1.82) is 0 Å². The van der Waals surface area contributed by atoms with Gasteiger partial charge in [-0.3, -0.25) is 29.2 Å². The van der Waals surface area contributed by atoms with Gasteiger partial charge >= 0.3 is 0 Å². The van der Waals surface area contributed by atoms with Crippen LogP contribution in [0.15, 0.2) is 40.3 Å². The van der Waals surface area contributed by atoms with Gasteiger partial charge in [0, 0.05) is 30.4 Å². The van der Waals surface area contributed by atoms with Gasteiger partial charge in [0.2, 0.25) is 11.8 Å². The van der Waals surface area contributed by atoms with Gasteiger partial charge in [0.05, 0.1) is 11.1 Å². The van der Waals surface area contributed by atoms with Crippen molar-refractivity contribution in [1.82, 2.24) is 5.32 Å². The quantitative estimate of drug-likeness (QED) is 0.0804. The van der Waals surface area contributed by atoms with E-state index in [1.807, 2.05) is 0 Å². The fourth-order valence-corrected chi connectivity index (χ4v) is 4.04. The van der Waals surface area contributed by atoms with Crippen molar-refractivity contribution in [3.05, 3.63) is 58.7 Å². The van der Waals surface area contributed by atoms with E-state index in [-0.39, 0.29) is 54.2 Å². The first-order valence-electron chi connectivity index (χ1n) is 13.6. The monoisotopic (exact) mass is 616 g/mol. The van der Waals surface area contributed by atoms with Crippen LogP contribution in [0, 0.1) is 24.5 Å². The number of hydrogen-bond donors (Lipinski definition) is 8. The minimum atomic E-state index is -1.23. The number of nitrogens with one attached hydrogen (secondary N) is 3. The smallest absolute Gasteiger partial charge is 0.254 e. The highest BCUT2D eigenvalue weighted by Gasteiger charge is 2.24. The summed E-state index contributed by atoms with van der Waals surface area (Å²) in [5.41, 5.74) is 25.9. The van der Waals surface area contributed by atoms with E-state index in [4.69, 9.17) is 28.7 Å². The minimum absolute atomic E-state index is 0.0205. The van der Waals surface area contributed by atoms with Crippen LogP contribution in [0.5, 0.6) is 0 Å². The Labute approximate surface area is 252 Å². The largest absolute Gasteiger partial charge is 0.370 e. The third kappa shape index (κ3) is 10.8. The van der Waals surface area contributed by atoms with Gasteiger partial charge in [-0.1, -0.05) is 6.92 Å². The van der Waals surface area contributed by atoms with E-state index in [2.05, 4.69) is 25.9 Å². The zero-order chi connectivity index (χ0) is 33.0. The van der Waals surface area contributed by atoms with E-state index >= 15 is 0 Å². The standard InChI is InChI=1S/C28H38F2N10O4/c1-14(5-3-9-36-27(32)33)24(42)38-16-7-8-20(29)18(12-16)25(43)40-21(6-4-10-37-28(34)35)26(44)39-17-11-15(2)22(30)19(13-17)23(31)41/h7-8,11-14,21H,3-6,9-10H2,1-2H3,(H2,31,41)(H,38,42)(H,39,44)(H,40,43)(H4,32,33,36)(H4,34,35,37)/t14-,21-/m1/s1. The molecule has 0 aliphatic heterocycles. The molecule has 0 aliphatic carbocycles. The Morgan fingerprint density at radius 2 is 1.36 bits per heavy atom. The molecule has 14 nitrogen and oxygen atoms in total. The third-order valence-electron chi connectivity index (χ3n) is 6.37. The molecule has 16 heteroatoms. The molecule has 2 atom stereocenters. The first-order valence-corrected chi connectivity index (χ1v) is 13.6. The lowest BCUT2D eigenvalue weighted by molar-refractivity contribution is -0.119. The number of anilines is 2. The highest BCUT2D eigenvalue weighted by atomic mass is 19.1. The maximum atomic E-state index is 14.8. The topological polar surface area (TPSA) is 259 Å². The van der Waals surface area contributed by atoms with Crippen LogP contribution in [-0.4, -0.2) is 54.7 Å². The van der Waals surface area contributed by atoms with Crippen LogP contribution in [0.3, 0.4) is 0 Å². The van der Waals surface area contributed by atoms with E-state index in [1.165, 1.54) is 19.1 Å². The molecule has 0 saturated heterocycles. The normalized spacial score (nSPS) is 11.9. The first-order chi connectivity index (χ1) is 20.7. The Morgan fingerprint density at radius 3 is 1.95 bits per heavy atom. The minimum Gasteiger partial charge on any atom is -0.370 e. The summed E-state index contributed by atoms with van der Waals surface area (Å²) in [6.07, 6.45) is 1.29. The molecule has 0 fully saturated rings. The summed E-state index contributed by atoms with van der Waals surface area (Å²) in [5, 5.41) is 7.64. The highest BCUT2D eigenvalue weighted by Crippen LogP contribution is 2.21. The number of hydrogen-bond acceptors (Lipinski definition) is 6. The molecule has 0 bridgehead atoms. The van der Waals surface area contributed by atoms with Crippen molar-refractivity contribution < 1.29 is 28.0 Å². The van der Waals surface area contributed by atoms with Gasteiger partial charge in [-0.05, 0) is 68.5 Å². The van der Waals surface area contributed by atoms with E-state index < -0.39 is 52.4 Å². The summed E-state index contributed by atoms with van der Waals surface area (Å²) in [6.45, 7) is 3.56. The van der Waals surface area contributed by atoms with Gasteiger partial charge in [0.1, 0.15) is 17.7 Å². The maximum absolute atomic E-state index is 14.8. The average molecular weight is 617 g/mol. The Kier molecular flexibility index (Phi) is 13.0. The molecule has 0 spiro atoms. The molecule has 0 aliphatic rings. The summed E-state index contributed by atoms with van der Waals surface area (Å²) in [7, 11) is 0. The predicted octanol–water partition coefficient (Wildman–Crippen LogP) is 0.791. The summed E-state index contributed by atoms with van der Waals surface area (Å²) < 4.78 is 29.0. The summed E-state index contributed by atoms with van der Waals surface area (Å²) >= 11 is 0. The van der Waals surface area contributed by atoms with Crippen molar-refractivity contribution in [2.45, 2.75) is 45.6 Å². The fourth-order valence-electron chi connectivity index (χ4n) is 4.04. The van der Waals surface area contributed by atoms with Crippen molar-refractivity contribution in [2.75, 3.05) is 23.7 Å². The van der Waals surface area contributed by atoms with Crippen LogP contribution in [0.2, 0.25) is 0 Å². The number of aliphatic imine (C=N–C) groups is 2. The summed E-state index contributed by atoms with van der Waals surface area (Å²) in [6, 6.07) is 4.56. The molecule has 0 heterocycles. The highest BCUT2D eigenvalue weighted by molar-refractivity contribution is 6.03. The van der Waals surface area contributed by atoms with Gasteiger partial charge in [-0.2, -0.15) is 0 Å². The van der Waals surface area contributed by atoms with Crippen molar-refractivity contribution in [3.63, 3.8) is 0 Å². The van der Waals surface area contributed by atoms with Crippen molar-refractivity contribution >= 4 is 46.9 Å². The van der Waals surface area contributed by atoms with Crippen LogP contribution in [-0.2, 0) is 9.59 Å². The molecule has 4 amide bonds. The fraction of sp³-hybridized carbons (Fsp3) is 0.357. The zero-order valence-electron chi connectivity index (χ0n) is 24.5. The number of nitrogens with two attached hydrogens (primary N) is 5. The molecule has 0 saturated carbocycles. The maximum Gasteiger partial charge on any atom is 0.254 e. The molecule has 0 radical (unpaired) electrons. The molecule has 0 unspecified atom stereocenters. The molecular weight excluding hydrogens is 578 g/mol. The number of carbonyl (C=O) groups excluding carboxylic acids is 4. The summed E-state index contributed by atoms with van der Waals surface area (Å²) in [5.74, 6) is -5.47. The SMILES string of the molecule is Cc1cc(NC(=O)[C@@H](CCCN=C(N)N)NC(=O)c2cc(NC(=O)[C@H](C)CCCN=C(N)N)ccc2F)cc(C(N)=O)c1F. The lowest BCUT2D eigenvalue weighted by Gasteiger charge is -2.19. The average Bonchev–Trinajstić information content (AvgIpc) is 2.94. The predicted molar refractivity (Wildman–Crippen MR) is 164 cm³/mol. The van der Waals surface area contributed by atoms with Gasteiger partial charge in [0.25, 0.3) is 11.8 Å². The first kappa shape index (κ1) is 34.9. The number of nitrogens with zero attached hydrogens (tertiary/aromatic N) is 2. The number of rotatable bonds is 15. The van der Waals surface area contributed by atoms with Gasteiger partial charge in [-0.15, -0.1) is 0 Å². The van der Waals surface area contributed by atoms with E-state index in [1.54, 1.807) is 6.92 Å². The Morgan fingerprint density at radius 1 is 0.795 bits per heavy atom. The van der Waals surface area contributed by atoms with E-state index in [0.29, 0.717) is 19.4 Å². The number of primary amides is 1. The second kappa shape index (κ2) is 16.4. The molecule has 13 N–H and O–H groups in total. The molecular formula is C28H38F2N10O4. The Balaban J connectivity index is 2.22. The second-order valence-electron chi connectivity index (χ2n) is 10.0. The number of benzene rings is 2. The lowest BCUT2D eigenvalue weighted by atomic mass is 10.0. The number of carbonyl (C=O) groups is 4. The molecule has 2 aromatic rings. The number of aryl methyl sites for hydroxylation is 1. The van der Waals surface area contributed by atoms with Crippen LogP contribution in [0.4, 0.5) is 20.2 Å². The molecule has 2 aromatic carbocycles. The van der Waals surface area contributed by atoms with Crippen LogP contribution >= 0.6 is 0 Å². The van der Waals surface area contributed by atoms with Gasteiger partial charge in [0.15, 0.2) is 11.9 Å². The Hall–Kier alpha value is -5.28. The van der Waals surface area contributed by atoms with E-state index in [0.717, 1.165) is 18.2 Å². The number of guanidine groups is 2. The lowest BCUT2D eigenvalue weighted by Crippen LogP contribution is -2.44. The van der Waals surface area contributed by atoms with Crippen LogP contribution < -0.4 is 44.6 Å². The van der Waals surface area contributed by atoms with Crippen molar-refractivity contribution in [3.8, 4) is 0 Å². The van der Waals surface area contributed by atoms with Crippen LogP contribution in [0.25, 0.3) is 0 Å². The molecule has 44 heavy (non-hydrogen) atoms. The second-order valence-corrected chi connectivity index (χ2v) is 10.0. The van der Waals surface area contributed by atoms with Gasteiger partial charge in [-0.25, -0.2) is 8.78 Å². The van der Waals surface area contributed by atoms with Crippen LogP contribution in [0.1, 0.15) is 58.9 Å². The number of amides is 4. The molecule has 238 valence electrons. The third-order valence-corrected chi connectivity index (χ3v) is 6.37. The van der Waals surface area contributed by atoms with E-state index in [9.17, 15) is 28.0 Å². The van der Waals surface area contributed by atoms with Crippen molar-refractivity contribution in [2.24, 2.45) is 44.6 Å². The Bertz CT molecular complexity index is 1440. The van der Waals surface area contributed by atoms with Gasteiger partial charge < -0.3 is 44.6 Å².